The summed E-state index contributed by atoms with van der Waals surface area (Å²) < 4.78 is 14.4. The van der Waals surface area contributed by atoms with Crippen molar-refractivity contribution >= 4 is 17.6 Å². The molecule has 2 heterocycles. The van der Waals surface area contributed by atoms with Gasteiger partial charge in [0.25, 0.3) is 5.69 Å². The van der Waals surface area contributed by atoms with Crippen molar-refractivity contribution in [2.24, 2.45) is 0 Å². The van der Waals surface area contributed by atoms with Gasteiger partial charge in [0.15, 0.2) is 18.5 Å². The summed E-state index contributed by atoms with van der Waals surface area (Å²) in [6, 6.07) is 4.73. The molecule has 35 heavy (non-hydrogen) atoms. The van der Waals surface area contributed by atoms with Crippen molar-refractivity contribution in [2.75, 3.05) is 0 Å². The van der Waals surface area contributed by atoms with Crippen molar-refractivity contribution in [3.63, 3.8) is 0 Å². The number of non-ortho nitro benzene ring substituents is 1. The van der Waals surface area contributed by atoms with Crippen molar-refractivity contribution in [2.45, 2.75) is 61.4 Å². The van der Waals surface area contributed by atoms with E-state index in [0.29, 0.717) is 0 Å². The third-order valence-corrected chi connectivity index (χ3v) is 4.94. The lowest BCUT2D eigenvalue weighted by Gasteiger charge is -2.38. The van der Waals surface area contributed by atoms with Gasteiger partial charge in [0, 0.05) is 12.1 Å². The van der Waals surface area contributed by atoms with Gasteiger partial charge in [-0.25, -0.2) is 9.59 Å². The first-order valence-electron chi connectivity index (χ1n) is 9.70. The summed E-state index contributed by atoms with van der Waals surface area (Å²) in [7, 11) is 0. The average Bonchev–Trinajstić information content (AvgIpc) is 2.80. The molecule has 9 N–H and O–H groups in total. The third-order valence-electron chi connectivity index (χ3n) is 4.94. The molecular weight excluding hydrogens is 486 g/mol. The van der Waals surface area contributed by atoms with Crippen molar-refractivity contribution < 1.29 is 74.7 Å². The molecule has 0 spiro atoms. The minimum atomic E-state index is -1.82. The number of hydrogen-bond donors (Lipinski definition) is 9. The first kappa shape index (κ1) is 28.2. The number of aliphatic carboxylic acids is 2. The Balaban J connectivity index is 0.000000283. The topological polar surface area (TPSA) is 287 Å². The van der Waals surface area contributed by atoms with Crippen LogP contribution in [-0.2, 0) is 19.1 Å². The zero-order valence-electron chi connectivity index (χ0n) is 17.4. The van der Waals surface area contributed by atoms with Gasteiger partial charge in [-0.15, -0.1) is 0 Å². The van der Waals surface area contributed by atoms with Crippen LogP contribution >= 0.6 is 0 Å². The van der Waals surface area contributed by atoms with Crippen LogP contribution in [0.3, 0.4) is 0 Å². The van der Waals surface area contributed by atoms with Crippen molar-refractivity contribution in [1.82, 2.24) is 0 Å². The molecule has 1 aromatic carbocycles. The van der Waals surface area contributed by atoms with Gasteiger partial charge in [-0.2, -0.15) is 0 Å². The smallest absolute Gasteiger partial charge is 0.335 e. The van der Waals surface area contributed by atoms with Gasteiger partial charge in [-0.3, -0.25) is 10.1 Å². The van der Waals surface area contributed by atoms with Crippen molar-refractivity contribution in [1.29, 1.82) is 0 Å². The van der Waals surface area contributed by atoms with Gasteiger partial charge >= 0.3 is 11.9 Å². The normalized spacial score (nSPS) is 36.9. The fourth-order valence-electron chi connectivity index (χ4n) is 3.00. The minimum absolute atomic E-state index is 0.0578. The van der Waals surface area contributed by atoms with Crippen molar-refractivity contribution in [3.8, 4) is 5.75 Å². The van der Waals surface area contributed by atoms with E-state index in [4.69, 9.17) is 40.1 Å². The molecule has 0 aromatic heterocycles. The Morgan fingerprint density at radius 3 is 1.66 bits per heavy atom. The number of hydrogen-bond acceptors (Lipinski definition) is 14. The van der Waals surface area contributed by atoms with Crippen LogP contribution in [0.5, 0.6) is 5.75 Å². The molecule has 0 saturated carbocycles. The predicted octanol–water partition coefficient (Wildman–Crippen LogP) is -4.26. The van der Waals surface area contributed by atoms with Crippen LogP contribution in [0.15, 0.2) is 24.3 Å². The van der Waals surface area contributed by atoms with E-state index in [0.717, 1.165) is 12.1 Å². The number of nitro groups is 1. The summed E-state index contributed by atoms with van der Waals surface area (Å²) in [5.41, 5.74) is -0.184. The van der Waals surface area contributed by atoms with Crippen molar-refractivity contribution in [3.05, 3.63) is 34.4 Å². The maximum atomic E-state index is 10.9. The Kier molecular flexibility index (Phi) is 9.38. The van der Waals surface area contributed by atoms with Crippen LogP contribution in [0.1, 0.15) is 0 Å². The summed E-state index contributed by atoms with van der Waals surface area (Å²) in [5.74, 6) is -2.99. The first-order valence-corrected chi connectivity index (χ1v) is 9.70. The average molecular weight is 509 g/mol. The number of carbonyl (C=O) groups is 2. The Morgan fingerprint density at radius 2 is 1.20 bits per heavy atom. The number of carboxylic acid groups (broad SMARTS) is 2. The highest BCUT2D eigenvalue weighted by molar-refractivity contribution is 5.73. The fourth-order valence-corrected chi connectivity index (χ4v) is 3.00. The molecule has 2 saturated heterocycles. The van der Waals surface area contributed by atoms with Crippen LogP contribution in [0, 0.1) is 10.1 Å². The highest BCUT2D eigenvalue weighted by Crippen LogP contribution is 2.26. The number of carboxylic acids is 2. The molecule has 10 atom stereocenters. The van der Waals surface area contributed by atoms with E-state index < -0.39 is 78.3 Å². The number of aliphatic hydroxyl groups is 7. The molecule has 0 amide bonds. The van der Waals surface area contributed by atoms with E-state index >= 15 is 0 Å². The van der Waals surface area contributed by atoms with Crippen LogP contribution < -0.4 is 4.74 Å². The van der Waals surface area contributed by atoms with E-state index in [1.165, 1.54) is 12.1 Å². The lowest BCUT2D eigenvalue weighted by atomic mass is 9.99. The van der Waals surface area contributed by atoms with Crippen LogP contribution in [0.2, 0.25) is 0 Å². The molecule has 0 aliphatic carbocycles. The quantitative estimate of drug-likeness (QED) is 0.134. The Bertz CT molecular complexity index is 895. The molecule has 2 aliphatic rings. The maximum Gasteiger partial charge on any atom is 0.335 e. The molecular formula is C18H23NO16. The zero-order valence-corrected chi connectivity index (χ0v) is 17.4. The van der Waals surface area contributed by atoms with Gasteiger partial charge in [-0.05, 0) is 12.1 Å². The van der Waals surface area contributed by atoms with Gasteiger partial charge in [0.2, 0.25) is 6.29 Å². The number of ether oxygens (including phenoxy) is 3. The second-order valence-corrected chi connectivity index (χ2v) is 7.36. The van der Waals surface area contributed by atoms with Crippen LogP contribution in [0.25, 0.3) is 0 Å². The largest absolute Gasteiger partial charge is 0.479 e. The van der Waals surface area contributed by atoms with E-state index in [1.54, 1.807) is 0 Å². The third kappa shape index (κ3) is 6.57. The second-order valence-electron chi connectivity index (χ2n) is 7.36. The number of nitro benzene ring substituents is 1. The molecule has 2 fully saturated rings. The highest BCUT2D eigenvalue weighted by Gasteiger charge is 2.48. The molecule has 1 unspecified atom stereocenters. The van der Waals surface area contributed by atoms with E-state index in [9.17, 15) is 35.0 Å². The lowest BCUT2D eigenvalue weighted by molar-refractivity contribution is -0.384. The Hall–Kier alpha value is -3.00. The van der Waals surface area contributed by atoms with Gasteiger partial charge < -0.3 is 60.2 Å². The summed E-state index contributed by atoms with van der Waals surface area (Å²) in [4.78, 5) is 31.2. The van der Waals surface area contributed by atoms with E-state index in [-0.39, 0.29) is 11.4 Å². The number of aliphatic hydroxyl groups excluding tert-OH is 7. The zero-order chi connectivity index (χ0) is 26.6. The second kappa shape index (κ2) is 11.6. The molecule has 196 valence electrons. The highest BCUT2D eigenvalue weighted by atomic mass is 16.7. The van der Waals surface area contributed by atoms with Crippen LogP contribution in [-0.4, -0.2) is 124 Å². The molecule has 17 heteroatoms. The summed E-state index contributed by atoms with van der Waals surface area (Å²) in [5, 5.41) is 92.7. The molecule has 3 rings (SSSR count). The lowest BCUT2D eigenvalue weighted by Crippen LogP contribution is -2.61. The molecule has 0 radical (unpaired) electrons. The maximum absolute atomic E-state index is 10.9. The predicted molar refractivity (Wildman–Crippen MR) is 105 cm³/mol. The Labute approximate surface area is 194 Å². The van der Waals surface area contributed by atoms with Gasteiger partial charge in [0.1, 0.15) is 42.4 Å². The minimum Gasteiger partial charge on any atom is -0.479 e. The number of rotatable bonds is 5. The molecule has 1 aromatic rings. The van der Waals surface area contributed by atoms with Gasteiger partial charge in [-0.1, -0.05) is 0 Å². The van der Waals surface area contributed by atoms with E-state index in [1.807, 2.05) is 0 Å². The van der Waals surface area contributed by atoms with Crippen LogP contribution in [0.4, 0.5) is 5.69 Å². The number of benzene rings is 1. The SMILES string of the molecule is O=C(O)[C@H]1OC(O)[C@H](O)[C@@H](O)[C@@H]1O.O=C(O)[C@H]1O[C@@H](Oc2ccc([N+](=O)[O-])cc2)[C@H](O)[C@@H](O)[C@@H]1O. The van der Waals surface area contributed by atoms with Gasteiger partial charge in [0.05, 0.1) is 4.92 Å². The Morgan fingerprint density at radius 1 is 0.743 bits per heavy atom. The molecule has 0 bridgehead atoms. The summed E-state index contributed by atoms with van der Waals surface area (Å²) in [6.45, 7) is 0. The molecule has 17 nitrogen and oxygen atoms in total. The molecule has 2 aliphatic heterocycles. The summed E-state index contributed by atoms with van der Waals surface area (Å²) in [6.07, 6.45) is -17.3. The monoisotopic (exact) mass is 509 g/mol. The van der Waals surface area contributed by atoms with E-state index in [2.05, 4.69) is 4.74 Å². The standard InChI is InChI=1S/C12H13NO9.C6H10O7/c14-7-8(15)10(11(17)18)22-12(9(7)16)21-6-3-1-5(2-4-6)13(19)20;7-1-2(8)4(5(10)11)13-6(12)3(1)9/h1-4,7-10,12,14-16H,(H,17,18);1-4,6-9,12H,(H,10,11)/t7-,8-,9+,10-,12+;1-,2-,3+,4-,6?/m00/s1. The summed E-state index contributed by atoms with van der Waals surface area (Å²) >= 11 is 0. The fraction of sp³-hybridized carbons (Fsp3) is 0.556. The first-order chi connectivity index (χ1) is 16.3. The number of nitrogens with zero attached hydrogens (tertiary/aromatic N) is 1.